The molecule has 2 rings (SSSR count). The van der Waals surface area contributed by atoms with Crippen molar-refractivity contribution in [3.05, 3.63) is 61.5 Å². The predicted octanol–water partition coefficient (Wildman–Crippen LogP) is 5.86. The number of hydrogen-bond acceptors (Lipinski definition) is 1. The van der Waals surface area contributed by atoms with Gasteiger partial charge >= 0.3 is 0 Å². The predicted molar refractivity (Wildman–Crippen MR) is 85.6 cm³/mol. The van der Waals surface area contributed by atoms with E-state index in [0.717, 1.165) is 5.56 Å². The van der Waals surface area contributed by atoms with Crippen molar-refractivity contribution in [3.63, 3.8) is 0 Å². The largest absolute Gasteiger partial charge is 0.322 e. The van der Waals surface area contributed by atoms with Crippen LogP contribution >= 0.6 is 46.4 Å². The lowest BCUT2D eigenvalue weighted by Gasteiger charge is -2.11. The fourth-order valence-corrected chi connectivity index (χ4v) is 2.52. The van der Waals surface area contributed by atoms with Gasteiger partial charge in [0.25, 0.3) is 5.91 Å². The molecule has 1 amide bonds. The number of halogens is 4. The highest BCUT2D eigenvalue weighted by molar-refractivity contribution is 6.46. The van der Waals surface area contributed by atoms with Crippen molar-refractivity contribution in [2.24, 2.45) is 0 Å². The maximum absolute atomic E-state index is 12.3. The summed E-state index contributed by atoms with van der Waals surface area (Å²) in [6, 6.07) is 8.26. The van der Waals surface area contributed by atoms with Gasteiger partial charge in [0.15, 0.2) is 0 Å². The number of nitrogens with one attached hydrogen (secondary N) is 1. The highest BCUT2D eigenvalue weighted by Gasteiger charge is 2.18. The minimum atomic E-state index is -0.437. The van der Waals surface area contributed by atoms with Gasteiger partial charge < -0.3 is 5.32 Å². The second-order valence-corrected chi connectivity index (χ2v) is 5.76. The molecular weight excluding hydrogens is 340 g/mol. The Morgan fingerprint density at radius 2 is 1.65 bits per heavy atom. The molecule has 0 heterocycles. The zero-order valence-corrected chi connectivity index (χ0v) is 13.3. The zero-order valence-electron chi connectivity index (χ0n) is 10.3. The highest BCUT2D eigenvalue weighted by Crippen LogP contribution is 2.32. The lowest BCUT2D eigenvalue weighted by Crippen LogP contribution is -2.14. The highest BCUT2D eigenvalue weighted by atomic mass is 35.5. The molecule has 2 nitrogen and oxygen atoms in total. The van der Waals surface area contributed by atoms with E-state index in [-0.39, 0.29) is 20.6 Å². The summed E-state index contributed by atoms with van der Waals surface area (Å²) in [5.41, 5.74) is 1.60. The SMILES string of the molecule is Cc1ccc(Cl)cc1NC(=O)c1c(Cl)ccc(Cl)c1Cl. The van der Waals surface area contributed by atoms with E-state index in [1.807, 2.05) is 6.92 Å². The molecule has 0 bridgehead atoms. The number of carbonyl (C=O) groups excluding carboxylic acids is 1. The van der Waals surface area contributed by atoms with Crippen molar-refractivity contribution in [1.82, 2.24) is 0 Å². The van der Waals surface area contributed by atoms with Gasteiger partial charge in [-0.2, -0.15) is 0 Å². The molecule has 0 radical (unpaired) electrons. The molecular formula is C14H9Cl4NO. The standard InChI is InChI=1S/C14H9Cl4NO/c1-7-2-3-8(15)6-11(7)19-14(20)12-9(16)4-5-10(17)13(12)18/h2-6H,1H3,(H,19,20). The molecule has 0 spiro atoms. The molecule has 2 aromatic rings. The van der Waals surface area contributed by atoms with Gasteiger partial charge in [-0.25, -0.2) is 0 Å². The van der Waals surface area contributed by atoms with Crippen molar-refractivity contribution < 1.29 is 4.79 Å². The molecule has 0 aromatic heterocycles. The number of carbonyl (C=O) groups is 1. The molecule has 0 saturated heterocycles. The first-order chi connectivity index (χ1) is 9.40. The Kier molecular flexibility index (Phi) is 4.82. The third-order valence-electron chi connectivity index (χ3n) is 2.72. The Balaban J connectivity index is 2.38. The van der Waals surface area contributed by atoms with E-state index in [4.69, 9.17) is 46.4 Å². The van der Waals surface area contributed by atoms with E-state index in [1.165, 1.54) is 12.1 Å². The van der Waals surface area contributed by atoms with Gasteiger partial charge in [0, 0.05) is 10.7 Å². The minimum Gasteiger partial charge on any atom is -0.322 e. The van der Waals surface area contributed by atoms with Crippen LogP contribution in [-0.4, -0.2) is 5.91 Å². The number of aryl methyl sites for hydroxylation is 1. The smallest absolute Gasteiger partial charge is 0.258 e. The molecule has 1 N–H and O–H groups in total. The molecule has 0 fully saturated rings. The van der Waals surface area contributed by atoms with E-state index >= 15 is 0 Å². The number of anilines is 1. The summed E-state index contributed by atoms with van der Waals surface area (Å²) in [6.45, 7) is 1.85. The number of rotatable bonds is 2. The first-order valence-electron chi connectivity index (χ1n) is 5.61. The summed E-state index contributed by atoms with van der Waals surface area (Å²) in [6.07, 6.45) is 0. The Labute approximate surface area is 136 Å². The van der Waals surface area contributed by atoms with Crippen LogP contribution in [0.5, 0.6) is 0 Å². The summed E-state index contributed by atoms with van der Waals surface area (Å²) in [5, 5.41) is 3.87. The van der Waals surface area contributed by atoms with Crippen LogP contribution in [-0.2, 0) is 0 Å². The van der Waals surface area contributed by atoms with E-state index in [0.29, 0.717) is 10.7 Å². The normalized spacial score (nSPS) is 10.4. The van der Waals surface area contributed by atoms with Crippen LogP contribution in [0.15, 0.2) is 30.3 Å². The van der Waals surface area contributed by atoms with Crippen molar-refractivity contribution >= 4 is 58.0 Å². The summed E-state index contributed by atoms with van der Waals surface area (Å²) in [7, 11) is 0. The molecule has 20 heavy (non-hydrogen) atoms. The fourth-order valence-electron chi connectivity index (χ4n) is 1.65. The van der Waals surface area contributed by atoms with Crippen LogP contribution in [0.3, 0.4) is 0 Å². The van der Waals surface area contributed by atoms with Crippen LogP contribution < -0.4 is 5.32 Å². The Bertz CT molecular complexity index is 685. The van der Waals surface area contributed by atoms with Crippen LogP contribution in [0, 0.1) is 6.92 Å². The molecule has 6 heteroatoms. The average molecular weight is 349 g/mol. The first-order valence-corrected chi connectivity index (χ1v) is 7.12. The van der Waals surface area contributed by atoms with Gasteiger partial charge in [-0.15, -0.1) is 0 Å². The average Bonchev–Trinajstić information content (AvgIpc) is 2.39. The van der Waals surface area contributed by atoms with Gasteiger partial charge in [-0.3, -0.25) is 4.79 Å². The Morgan fingerprint density at radius 3 is 2.35 bits per heavy atom. The molecule has 0 atom stereocenters. The van der Waals surface area contributed by atoms with Crippen LogP contribution in [0.2, 0.25) is 20.1 Å². The molecule has 0 aliphatic carbocycles. The van der Waals surface area contributed by atoms with Crippen LogP contribution in [0.25, 0.3) is 0 Å². The monoisotopic (exact) mass is 347 g/mol. The van der Waals surface area contributed by atoms with E-state index in [1.54, 1.807) is 18.2 Å². The Morgan fingerprint density at radius 1 is 1.00 bits per heavy atom. The maximum atomic E-state index is 12.3. The summed E-state index contributed by atoms with van der Waals surface area (Å²) >= 11 is 23.8. The topological polar surface area (TPSA) is 29.1 Å². The van der Waals surface area contributed by atoms with E-state index in [9.17, 15) is 4.79 Å². The minimum absolute atomic E-state index is 0.122. The molecule has 2 aromatic carbocycles. The lowest BCUT2D eigenvalue weighted by molar-refractivity contribution is 0.102. The summed E-state index contributed by atoms with van der Waals surface area (Å²) in [5.74, 6) is -0.437. The molecule has 0 unspecified atom stereocenters. The second-order valence-electron chi connectivity index (χ2n) is 4.13. The number of hydrogen-bond donors (Lipinski definition) is 1. The van der Waals surface area contributed by atoms with Gasteiger partial charge in [0.2, 0.25) is 0 Å². The van der Waals surface area contributed by atoms with Crippen molar-refractivity contribution in [3.8, 4) is 0 Å². The second kappa shape index (κ2) is 6.23. The lowest BCUT2D eigenvalue weighted by atomic mass is 10.1. The Hall–Kier alpha value is -0.930. The van der Waals surface area contributed by atoms with Crippen LogP contribution in [0.4, 0.5) is 5.69 Å². The zero-order chi connectivity index (χ0) is 14.9. The van der Waals surface area contributed by atoms with Crippen LogP contribution in [0.1, 0.15) is 15.9 Å². The van der Waals surface area contributed by atoms with Gasteiger partial charge in [0.05, 0.1) is 20.6 Å². The fraction of sp³-hybridized carbons (Fsp3) is 0.0714. The van der Waals surface area contributed by atoms with E-state index < -0.39 is 5.91 Å². The maximum Gasteiger partial charge on any atom is 0.258 e. The van der Waals surface area contributed by atoms with Crippen molar-refractivity contribution in [2.75, 3.05) is 5.32 Å². The number of amides is 1. The van der Waals surface area contributed by atoms with Crippen molar-refractivity contribution in [2.45, 2.75) is 6.92 Å². The molecule has 104 valence electrons. The van der Waals surface area contributed by atoms with Gasteiger partial charge in [-0.1, -0.05) is 52.5 Å². The molecule has 0 saturated carbocycles. The third kappa shape index (κ3) is 3.21. The summed E-state index contributed by atoms with van der Waals surface area (Å²) < 4.78 is 0. The van der Waals surface area contributed by atoms with Gasteiger partial charge in [0.1, 0.15) is 0 Å². The number of benzene rings is 2. The quantitative estimate of drug-likeness (QED) is 0.676. The molecule has 0 aliphatic heterocycles. The summed E-state index contributed by atoms with van der Waals surface area (Å²) in [4.78, 5) is 12.3. The first kappa shape index (κ1) is 15.5. The third-order valence-corrected chi connectivity index (χ3v) is 4.07. The van der Waals surface area contributed by atoms with E-state index in [2.05, 4.69) is 5.32 Å². The van der Waals surface area contributed by atoms with Gasteiger partial charge in [-0.05, 0) is 36.8 Å². The van der Waals surface area contributed by atoms with Crippen molar-refractivity contribution in [1.29, 1.82) is 0 Å². The molecule has 0 aliphatic rings.